The lowest BCUT2D eigenvalue weighted by molar-refractivity contribution is 1.01. The number of aryl methyl sites for hydroxylation is 1. The maximum atomic E-state index is 2.28. The Morgan fingerprint density at radius 1 is 0.650 bits per heavy atom. The van der Waals surface area contributed by atoms with Crippen molar-refractivity contribution in [3.05, 3.63) is 95.1 Å². The second-order valence-electron chi connectivity index (χ2n) is 5.47. The first-order valence-corrected chi connectivity index (χ1v) is 7.10. The van der Waals surface area contributed by atoms with Crippen LogP contribution in [0.5, 0.6) is 0 Å². The van der Waals surface area contributed by atoms with Crippen LogP contribution in [0.4, 0.5) is 0 Å². The first kappa shape index (κ1) is 11.5. The Morgan fingerprint density at radius 2 is 1.35 bits per heavy atom. The van der Waals surface area contributed by atoms with Gasteiger partial charge in [-0.25, -0.2) is 0 Å². The third-order valence-corrected chi connectivity index (χ3v) is 4.29. The van der Waals surface area contributed by atoms with Gasteiger partial charge >= 0.3 is 0 Å². The summed E-state index contributed by atoms with van der Waals surface area (Å²) >= 11 is 0. The largest absolute Gasteiger partial charge is 0.0622 e. The molecule has 1 atom stereocenters. The van der Waals surface area contributed by atoms with Gasteiger partial charge in [0.15, 0.2) is 0 Å². The summed E-state index contributed by atoms with van der Waals surface area (Å²) < 4.78 is 0. The quantitative estimate of drug-likeness (QED) is 0.441. The van der Waals surface area contributed by atoms with Gasteiger partial charge in [-0.3, -0.25) is 0 Å². The van der Waals surface area contributed by atoms with E-state index < -0.39 is 0 Å². The summed E-state index contributed by atoms with van der Waals surface area (Å²) in [4.78, 5) is 0. The van der Waals surface area contributed by atoms with Crippen molar-refractivity contribution in [2.24, 2.45) is 0 Å². The lowest BCUT2D eigenvalue weighted by Gasteiger charge is -2.14. The van der Waals surface area contributed by atoms with E-state index in [0.29, 0.717) is 5.92 Å². The molecular weight excluding hydrogens is 240 g/mol. The smallest absolute Gasteiger partial charge is 0.0352 e. The molecule has 0 aromatic heterocycles. The zero-order chi connectivity index (χ0) is 13.5. The molecule has 0 radical (unpaired) electrons. The van der Waals surface area contributed by atoms with Crippen LogP contribution < -0.4 is 0 Å². The summed E-state index contributed by atoms with van der Waals surface area (Å²) in [7, 11) is 0. The Labute approximate surface area is 119 Å². The first-order chi connectivity index (χ1) is 9.86. The van der Waals surface area contributed by atoms with Crippen molar-refractivity contribution in [1.82, 2.24) is 0 Å². The van der Waals surface area contributed by atoms with E-state index in [4.69, 9.17) is 0 Å². The molecule has 0 heteroatoms. The molecule has 0 bridgehead atoms. The molecule has 0 saturated carbocycles. The Morgan fingerprint density at radius 3 is 2.20 bits per heavy atom. The van der Waals surface area contributed by atoms with Gasteiger partial charge in [0.2, 0.25) is 0 Å². The lowest BCUT2D eigenvalue weighted by Crippen LogP contribution is -1.98. The number of rotatable bonds is 1. The fourth-order valence-corrected chi connectivity index (χ4v) is 3.45. The average Bonchev–Trinajstić information content (AvgIpc) is 2.84. The van der Waals surface area contributed by atoms with E-state index in [9.17, 15) is 0 Å². The van der Waals surface area contributed by atoms with Gasteiger partial charge in [0, 0.05) is 5.92 Å². The number of hydrogen-bond donors (Lipinski definition) is 0. The standard InChI is InChI=1S/C20H16/c1-14-8-7-13-18-19(14)16-11-5-6-12-17(16)20(18)15-9-3-2-4-10-15/h2-13,20H,1H3. The van der Waals surface area contributed by atoms with E-state index >= 15 is 0 Å². The van der Waals surface area contributed by atoms with E-state index in [1.165, 1.54) is 33.4 Å². The van der Waals surface area contributed by atoms with Crippen LogP contribution in [-0.4, -0.2) is 0 Å². The minimum atomic E-state index is 0.377. The predicted octanol–water partition coefficient (Wildman–Crippen LogP) is 5.16. The summed E-state index contributed by atoms with van der Waals surface area (Å²) in [5.74, 6) is 0.377. The molecule has 20 heavy (non-hydrogen) atoms. The van der Waals surface area contributed by atoms with Crippen molar-refractivity contribution in [2.75, 3.05) is 0 Å². The molecule has 0 saturated heterocycles. The number of hydrogen-bond acceptors (Lipinski definition) is 0. The molecule has 0 amide bonds. The second-order valence-corrected chi connectivity index (χ2v) is 5.47. The maximum Gasteiger partial charge on any atom is 0.0352 e. The van der Waals surface area contributed by atoms with Crippen LogP contribution in [0, 0.1) is 6.92 Å². The Bertz CT molecular complexity index is 769. The summed E-state index contributed by atoms with van der Waals surface area (Å²) in [6, 6.07) is 26.3. The molecule has 3 aromatic carbocycles. The van der Waals surface area contributed by atoms with Crippen LogP contribution in [0.2, 0.25) is 0 Å². The SMILES string of the molecule is Cc1cccc2c1-c1ccccc1C2c1ccccc1. The van der Waals surface area contributed by atoms with Crippen LogP contribution in [-0.2, 0) is 0 Å². The zero-order valence-corrected chi connectivity index (χ0v) is 11.5. The molecule has 0 N–H and O–H groups in total. The molecule has 96 valence electrons. The monoisotopic (exact) mass is 256 g/mol. The molecule has 1 unspecified atom stereocenters. The van der Waals surface area contributed by atoms with Crippen molar-refractivity contribution in [2.45, 2.75) is 12.8 Å². The molecule has 1 aliphatic carbocycles. The van der Waals surface area contributed by atoms with Crippen molar-refractivity contribution < 1.29 is 0 Å². The molecule has 0 heterocycles. The van der Waals surface area contributed by atoms with Gasteiger partial charge in [-0.2, -0.15) is 0 Å². The van der Waals surface area contributed by atoms with E-state index in [0.717, 1.165) is 0 Å². The summed E-state index contributed by atoms with van der Waals surface area (Å²) in [5, 5.41) is 0. The minimum Gasteiger partial charge on any atom is -0.0622 e. The molecule has 1 aliphatic rings. The van der Waals surface area contributed by atoms with Crippen LogP contribution in [0.25, 0.3) is 11.1 Å². The number of fused-ring (bicyclic) bond motifs is 3. The van der Waals surface area contributed by atoms with Gasteiger partial charge in [-0.1, -0.05) is 72.8 Å². The molecule has 0 fully saturated rings. The lowest BCUT2D eigenvalue weighted by atomic mass is 9.89. The van der Waals surface area contributed by atoms with E-state index in [2.05, 4.69) is 79.7 Å². The molecule has 0 spiro atoms. The topological polar surface area (TPSA) is 0 Å². The third-order valence-electron chi connectivity index (χ3n) is 4.29. The predicted molar refractivity (Wildman–Crippen MR) is 84.0 cm³/mol. The van der Waals surface area contributed by atoms with Crippen LogP contribution in [0.1, 0.15) is 28.2 Å². The summed E-state index contributed by atoms with van der Waals surface area (Å²) in [5.41, 5.74) is 8.45. The Balaban J connectivity index is 2.05. The molecular formula is C20H16. The van der Waals surface area contributed by atoms with Gasteiger partial charge in [0.1, 0.15) is 0 Å². The van der Waals surface area contributed by atoms with Gasteiger partial charge in [-0.05, 0) is 40.3 Å². The highest BCUT2D eigenvalue weighted by molar-refractivity contribution is 5.82. The molecule has 3 aromatic rings. The van der Waals surface area contributed by atoms with E-state index in [1.807, 2.05) is 0 Å². The van der Waals surface area contributed by atoms with Crippen LogP contribution >= 0.6 is 0 Å². The molecule has 4 rings (SSSR count). The van der Waals surface area contributed by atoms with Crippen LogP contribution in [0.3, 0.4) is 0 Å². The molecule has 0 nitrogen and oxygen atoms in total. The fraction of sp³-hybridized carbons (Fsp3) is 0.100. The normalized spacial score (nSPS) is 15.8. The third kappa shape index (κ3) is 1.55. The van der Waals surface area contributed by atoms with Crippen LogP contribution in [0.15, 0.2) is 72.8 Å². The highest BCUT2D eigenvalue weighted by atomic mass is 14.3. The highest BCUT2D eigenvalue weighted by Gasteiger charge is 2.30. The highest BCUT2D eigenvalue weighted by Crippen LogP contribution is 2.48. The van der Waals surface area contributed by atoms with Crippen molar-refractivity contribution in [1.29, 1.82) is 0 Å². The summed E-state index contributed by atoms with van der Waals surface area (Å²) in [6.07, 6.45) is 0. The maximum absolute atomic E-state index is 2.28. The van der Waals surface area contributed by atoms with Crippen molar-refractivity contribution >= 4 is 0 Å². The molecule has 0 aliphatic heterocycles. The van der Waals surface area contributed by atoms with E-state index in [1.54, 1.807) is 0 Å². The average molecular weight is 256 g/mol. The zero-order valence-electron chi connectivity index (χ0n) is 11.5. The van der Waals surface area contributed by atoms with E-state index in [-0.39, 0.29) is 0 Å². The van der Waals surface area contributed by atoms with Gasteiger partial charge in [0.05, 0.1) is 0 Å². The first-order valence-electron chi connectivity index (χ1n) is 7.10. The Hall–Kier alpha value is -2.34. The van der Waals surface area contributed by atoms with Gasteiger partial charge in [0.25, 0.3) is 0 Å². The van der Waals surface area contributed by atoms with Crippen molar-refractivity contribution in [3.63, 3.8) is 0 Å². The van der Waals surface area contributed by atoms with Gasteiger partial charge < -0.3 is 0 Å². The van der Waals surface area contributed by atoms with Gasteiger partial charge in [-0.15, -0.1) is 0 Å². The minimum absolute atomic E-state index is 0.377. The fourth-order valence-electron chi connectivity index (χ4n) is 3.45. The van der Waals surface area contributed by atoms with Crippen molar-refractivity contribution in [3.8, 4) is 11.1 Å². The summed E-state index contributed by atoms with van der Waals surface area (Å²) in [6.45, 7) is 2.21. The Kier molecular flexibility index (Phi) is 2.50. The number of benzene rings is 3. The second kappa shape index (κ2) is 4.35.